The van der Waals surface area contributed by atoms with Crippen molar-refractivity contribution in [3.05, 3.63) is 20.9 Å². The molecule has 0 spiro atoms. The van der Waals surface area contributed by atoms with E-state index in [9.17, 15) is 13.6 Å². The van der Waals surface area contributed by atoms with Crippen LogP contribution < -0.4 is 4.74 Å². The summed E-state index contributed by atoms with van der Waals surface area (Å²) < 4.78 is 30.2. The second-order valence-corrected chi connectivity index (χ2v) is 3.52. The molecule has 14 heavy (non-hydrogen) atoms. The van der Waals surface area contributed by atoms with Gasteiger partial charge in [0, 0.05) is 15.3 Å². The number of aldehydes is 1. The van der Waals surface area contributed by atoms with E-state index >= 15 is 0 Å². The Morgan fingerprint density at radius 2 is 2.29 bits per heavy atom. The Bertz CT molecular complexity index is 357. The van der Waals surface area contributed by atoms with Gasteiger partial charge in [-0.05, 0) is 22.6 Å². The van der Waals surface area contributed by atoms with Crippen LogP contribution in [0.1, 0.15) is 22.3 Å². The average Bonchev–Trinajstić information content (AvgIpc) is 2.17. The van der Waals surface area contributed by atoms with Crippen molar-refractivity contribution in [3.8, 4) is 5.88 Å². The lowest BCUT2D eigenvalue weighted by molar-refractivity contribution is 0.110. The molecule has 0 amide bonds. The van der Waals surface area contributed by atoms with Gasteiger partial charge in [0.2, 0.25) is 5.88 Å². The summed E-state index contributed by atoms with van der Waals surface area (Å²) in [5, 5.41) is 0. The minimum Gasteiger partial charge on any atom is -0.481 e. The first-order chi connectivity index (χ1) is 6.61. The molecule has 0 radical (unpaired) electrons. The number of alkyl halides is 2. The third kappa shape index (κ3) is 1.99. The monoisotopic (exact) mass is 313 g/mol. The van der Waals surface area contributed by atoms with E-state index in [0.29, 0.717) is 9.86 Å². The molecule has 1 aromatic rings. The van der Waals surface area contributed by atoms with E-state index in [2.05, 4.69) is 9.72 Å². The van der Waals surface area contributed by atoms with Gasteiger partial charge in [-0.2, -0.15) is 0 Å². The van der Waals surface area contributed by atoms with Gasteiger partial charge in [0.15, 0.2) is 6.29 Å². The molecule has 0 saturated carbocycles. The number of ether oxygens (including phenoxy) is 1. The lowest BCUT2D eigenvalue weighted by Gasteiger charge is -2.09. The molecule has 0 aliphatic heterocycles. The second kappa shape index (κ2) is 4.63. The van der Waals surface area contributed by atoms with Gasteiger partial charge in [-0.15, -0.1) is 0 Å². The number of aromatic nitrogens is 1. The van der Waals surface area contributed by atoms with Crippen LogP contribution in [0.3, 0.4) is 0 Å². The Balaban J connectivity index is 3.43. The third-order valence-electron chi connectivity index (χ3n) is 1.60. The number of carbonyl (C=O) groups is 1. The van der Waals surface area contributed by atoms with Gasteiger partial charge in [-0.1, -0.05) is 0 Å². The Labute approximate surface area is 92.6 Å². The number of carbonyl (C=O) groups excluding carboxylic acids is 1. The zero-order valence-corrected chi connectivity index (χ0v) is 9.29. The SMILES string of the molecule is COc1ncc(I)c(C=O)c1C(F)F. The van der Waals surface area contributed by atoms with Crippen molar-refractivity contribution in [2.45, 2.75) is 6.43 Å². The Kier molecular flexibility index (Phi) is 3.73. The van der Waals surface area contributed by atoms with Crippen LogP contribution in [0, 0.1) is 3.57 Å². The third-order valence-corrected chi connectivity index (χ3v) is 2.46. The van der Waals surface area contributed by atoms with Crippen LogP contribution in [-0.4, -0.2) is 18.4 Å². The quantitative estimate of drug-likeness (QED) is 0.635. The average molecular weight is 313 g/mol. The molecule has 0 N–H and O–H groups in total. The van der Waals surface area contributed by atoms with Crippen LogP contribution in [-0.2, 0) is 0 Å². The molecule has 76 valence electrons. The highest BCUT2D eigenvalue weighted by molar-refractivity contribution is 14.1. The van der Waals surface area contributed by atoms with Gasteiger partial charge in [0.1, 0.15) is 0 Å². The molecule has 1 heterocycles. The summed E-state index contributed by atoms with van der Waals surface area (Å²) in [6, 6.07) is 0. The van der Waals surface area contributed by atoms with Gasteiger partial charge < -0.3 is 4.74 Å². The topological polar surface area (TPSA) is 39.2 Å². The van der Waals surface area contributed by atoms with Gasteiger partial charge in [0.05, 0.1) is 12.7 Å². The lowest BCUT2D eigenvalue weighted by Crippen LogP contribution is -2.03. The first-order valence-corrected chi connectivity index (χ1v) is 4.65. The molecule has 3 nitrogen and oxygen atoms in total. The van der Waals surface area contributed by atoms with Gasteiger partial charge in [0.25, 0.3) is 6.43 Å². The summed E-state index contributed by atoms with van der Waals surface area (Å²) in [6.45, 7) is 0. The summed E-state index contributed by atoms with van der Waals surface area (Å²) >= 11 is 1.77. The van der Waals surface area contributed by atoms with E-state index in [1.807, 2.05) is 0 Å². The van der Waals surface area contributed by atoms with Crippen LogP contribution in [0.15, 0.2) is 6.20 Å². The Hall–Kier alpha value is -0.790. The maximum Gasteiger partial charge on any atom is 0.269 e. The number of halogens is 3. The fraction of sp³-hybridized carbons (Fsp3) is 0.250. The van der Waals surface area contributed by atoms with E-state index < -0.39 is 12.0 Å². The first kappa shape index (κ1) is 11.3. The number of hydrogen-bond donors (Lipinski definition) is 0. The minimum atomic E-state index is -2.77. The van der Waals surface area contributed by atoms with Crippen molar-refractivity contribution in [3.63, 3.8) is 0 Å². The van der Waals surface area contributed by atoms with Gasteiger partial charge in [-0.3, -0.25) is 4.79 Å². The molecule has 0 aliphatic carbocycles. The fourth-order valence-electron chi connectivity index (χ4n) is 0.992. The van der Waals surface area contributed by atoms with Crippen molar-refractivity contribution in [2.24, 2.45) is 0 Å². The predicted molar refractivity (Wildman–Crippen MR) is 53.9 cm³/mol. The molecule has 0 aliphatic rings. The van der Waals surface area contributed by atoms with Crippen LogP contribution in [0.2, 0.25) is 0 Å². The van der Waals surface area contributed by atoms with Crippen LogP contribution in [0.25, 0.3) is 0 Å². The van der Waals surface area contributed by atoms with E-state index in [1.54, 1.807) is 22.6 Å². The van der Waals surface area contributed by atoms with E-state index in [-0.39, 0.29) is 11.4 Å². The number of hydrogen-bond acceptors (Lipinski definition) is 3. The predicted octanol–water partition coefficient (Wildman–Crippen LogP) is 2.44. The highest BCUT2D eigenvalue weighted by atomic mass is 127. The lowest BCUT2D eigenvalue weighted by atomic mass is 10.1. The van der Waals surface area contributed by atoms with E-state index in [4.69, 9.17) is 0 Å². The zero-order valence-electron chi connectivity index (χ0n) is 7.13. The highest BCUT2D eigenvalue weighted by Crippen LogP contribution is 2.31. The number of nitrogens with zero attached hydrogens (tertiary/aromatic N) is 1. The molecular weight excluding hydrogens is 307 g/mol. The molecule has 0 saturated heterocycles. The molecule has 0 fully saturated rings. The van der Waals surface area contributed by atoms with Crippen LogP contribution in [0.5, 0.6) is 5.88 Å². The molecule has 1 aromatic heterocycles. The van der Waals surface area contributed by atoms with Crippen LogP contribution in [0.4, 0.5) is 8.78 Å². The Morgan fingerprint density at radius 3 is 2.71 bits per heavy atom. The summed E-state index contributed by atoms with van der Waals surface area (Å²) in [5.74, 6) is -0.206. The number of rotatable bonds is 3. The minimum absolute atomic E-state index is 0.0625. The van der Waals surface area contributed by atoms with Crippen molar-refractivity contribution >= 4 is 28.9 Å². The maximum absolute atomic E-state index is 12.6. The van der Waals surface area contributed by atoms with Crippen LogP contribution >= 0.6 is 22.6 Å². The van der Waals surface area contributed by atoms with E-state index in [0.717, 1.165) is 0 Å². The molecular formula is C8H6F2INO2. The fourth-order valence-corrected chi connectivity index (χ4v) is 1.55. The van der Waals surface area contributed by atoms with Crippen molar-refractivity contribution in [2.75, 3.05) is 7.11 Å². The Morgan fingerprint density at radius 1 is 1.64 bits per heavy atom. The smallest absolute Gasteiger partial charge is 0.269 e. The summed E-state index contributed by atoms with van der Waals surface area (Å²) in [4.78, 5) is 14.3. The van der Waals surface area contributed by atoms with Gasteiger partial charge >= 0.3 is 0 Å². The normalized spacial score (nSPS) is 10.4. The van der Waals surface area contributed by atoms with E-state index in [1.165, 1.54) is 13.3 Å². The molecule has 0 bridgehead atoms. The first-order valence-electron chi connectivity index (χ1n) is 3.57. The second-order valence-electron chi connectivity index (χ2n) is 2.36. The van der Waals surface area contributed by atoms with Crippen molar-refractivity contribution in [1.82, 2.24) is 4.98 Å². The largest absolute Gasteiger partial charge is 0.481 e. The highest BCUT2D eigenvalue weighted by Gasteiger charge is 2.21. The summed E-state index contributed by atoms with van der Waals surface area (Å²) in [5.41, 5.74) is -0.512. The summed E-state index contributed by atoms with van der Waals surface area (Å²) in [6.07, 6.45) is -1.07. The number of methoxy groups -OCH3 is 1. The molecule has 6 heteroatoms. The number of pyridine rings is 1. The zero-order chi connectivity index (χ0) is 10.7. The molecule has 0 aromatic carbocycles. The standard InChI is InChI=1S/C8H6F2INO2/c1-14-8-6(7(9)10)4(3-13)5(11)2-12-8/h2-3,7H,1H3. The molecule has 0 atom stereocenters. The summed E-state index contributed by atoms with van der Waals surface area (Å²) in [7, 11) is 1.23. The molecule has 0 unspecified atom stereocenters. The van der Waals surface area contributed by atoms with Crippen molar-refractivity contribution < 1.29 is 18.3 Å². The van der Waals surface area contributed by atoms with Crippen molar-refractivity contribution in [1.29, 1.82) is 0 Å². The maximum atomic E-state index is 12.6. The van der Waals surface area contributed by atoms with Gasteiger partial charge in [-0.25, -0.2) is 13.8 Å². The molecule has 1 rings (SSSR count).